The van der Waals surface area contributed by atoms with Crippen molar-refractivity contribution in [1.29, 1.82) is 0 Å². The average molecular weight is 255 g/mol. The Balaban J connectivity index is 0.000000720. The molecule has 0 saturated carbocycles. The number of benzene rings is 1. The maximum atomic E-state index is 10.9. The van der Waals surface area contributed by atoms with E-state index in [0.717, 1.165) is 0 Å². The third kappa shape index (κ3) is 1.22. The first-order chi connectivity index (χ1) is 5.29. The van der Waals surface area contributed by atoms with E-state index < -0.39 is 0 Å². The summed E-state index contributed by atoms with van der Waals surface area (Å²) in [7, 11) is 0. The summed E-state index contributed by atoms with van der Waals surface area (Å²) in [5.41, 5.74) is 0.940. The predicted octanol–water partition coefficient (Wildman–Crippen LogP) is 0.568. The van der Waals surface area contributed by atoms with Crippen molar-refractivity contribution < 1.29 is 32.0 Å². The molecule has 1 N–H and O–H groups in total. The molecule has 1 aromatic rings. The van der Waals surface area contributed by atoms with Gasteiger partial charge in [-0.2, -0.15) is 0 Å². The molecule has 2 rings (SSSR count). The summed E-state index contributed by atoms with van der Waals surface area (Å²) in [6, 6.07) is 6.74. The van der Waals surface area contributed by atoms with Crippen LogP contribution >= 0.6 is 0 Å². The van der Waals surface area contributed by atoms with E-state index in [1.807, 2.05) is 0 Å². The number of fused-ring (bicyclic) bond motifs is 1. The Hall–Kier alpha value is -0.900. The summed E-state index contributed by atoms with van der Waals surface area (Å²) in [5, 5.41) is 2.20. The Morgan fingerprint density at radius 2 is 1.33 bits per heavy atom. The second kappa shape index (κ2) is 3.23. The molecule has 3 nitrogen and oxygen atoms in total. The van der Waals surface area contributed by atoms with Crippen LogP contribution in [0.2, 0.25) is 0 Å². The minimum absolute atomic E-state index is 0. The molecule has 1 aromatic carbocycles. The second-order valence-corrected chi connectivity index (χ2v) is 2.33. The van der Waals surface area contributed by atoms with Crippen LogP contribution in [0.15, 0.2) is 24.3 Å². The fourth-order valence-corrected chi connectivity index (χ4v) is 1.12. The Bertz CT molecular complexity index is 316. The molecule has 4 heteroatoms. The molecular weight excluding hydrogens is 250 g/mol. The first-order valence-electron chi connectivity index (χ1n) is 3.24. The van der Waals surface area contributed by atoms with Crippen molar-refractivity contribution in [2.24, 2.45) is 0 Å². The maximum absolute atomic E-state index is 10.9. The van der Waals surface area contributed by atoms with Gasteiger partial charge in [0.05, 0.1) is 11.1 Å². The van der Waals surface area contributed by atoms with Crippen LogP contribution < -0.4 is 5.32 Å². The van der Waals surface area contributed by atoms with Crippen molar-refractivity contribution in [3.63, 3.8) is 0 Å². The molecule has 0 aromatic heterocycles. The summed E-state index contributed by atoms with van der Waals surface area (Å²) in [6.07, 6.45) is 0. The van der Waals surface area contributed by atoms with E-state index >= 15 is 0 Å². The number of amides is 2. The number of hydrogen-bond donors (Lipinski definition) is 1. The normalized spacial score (nSPS) is 13.3. The average Bonchev–Trinajstić information content (AvgIpc) is 2.30. The summed E-state index contributed by atoms with van der Waals surface area (Å²) in [5.74, 6) is -0.601. The van der Waals surface area contributed by atoms with Crippen LogP contribution in [0.1, 0.15) is 20.7 Å². The first kappa shape index (κ1) is 9.19. The van der Waals surface area contributed by atoms with Gasteiger partial charge in [-0.1, -0.05) is 12.1 Å². The Morgan fingerprint density at radius 1 is 0.917 bits per heavy atom. The summed E-state index contributed by atoms with van der Waals surface area (Å²) in [6.45, 7) is 0. The summed E-state index contributed by atoms with van der Waals surface area (Å²) < 4.78 is 0. The van der Waals surface area contributed by atoms with E-state index in [-0.39, 0.29) is 34.2 Å². The van der Waals surface area contributed by atoms with Gasteiger partial charge in [0.2, 0.25) is 0 Å². The number of nitrogens with one attached hydrogen (secondary N) is 1. The van der Waals surface area contributed by atoms with Crippen LogP contribution in [0.4, 0.5) is 0 Å². The van der Waals surface area contributed by atoms with Gasteiger partial charge in [-0.15, -0.1) is 0 Å². The molecule has 1 aliphatic heterocycles. The van der Waals surface area contributed by atoms with Crippen molar-refractivity contribution in [2.75, 3.05) is 0 Å². The fourth-order valence-electron chi connectivity index (χ4n) is 1.12. The number of hydrogen-bond acceptors (Lipinski definition) is 2. The zero-order chi connectivity index (χ0) is 7.84. The molecule has 1 aliphatic rings. The summed E-state index contributed by atoms with van der Waals surface area (Å²) in [4.78, 5) is 21.9. The quantitative estimate of drug-likeness (QED) is 0.544. The van der Waals surface area contributed by atoms with E-state index in [1.54, 1.807) is 24.3 Å². The fraction of sp³-hybridized carbons (Fsp3) is 0. The largest absolute Gasteiger partial charge is 1.00 e. The molecule has 12 heavy (non-hydrogen) atoms. The molecule has 0 aliphatic carbocycles. The van der Waals surface area contributed by atoms with Crippen LogP contribution in [-0.4, -0.2) is 11.8 Å². The van der Waals surface area contributed by atoms with Crippen LogP contribution in [0, 0.1) is 0 Å². The van der Waals surface area contributed by atoms with Crippen molar-refractivity contribution in [1.82, 2.24) is 5.32 Å². The predicted molar refractivity (Wildman–Crippen MR) is 38.2 cm³/mol. The topological polar surface area (TPSA) is 46.2 Å². The van der Waals surface area contributed by atoms with E-state index in [0.29, 0.717) is 11.1 Å². The number of carbonyl (C=O) groups is 2. The molecule has 0 fully saturated rings. The standard InChI is InChI=1S/C8H5NO2.Ag/c10-7-5-3-1-2-4-6(5)8(11)9-7;/h1-4H,(H,9,10,11);/q;+1. The molecule has 0 unspecified atom stereocenters. The maximum Gasteiger partial charge on any atom is 1.00 e. The minimum atomic E-state index is -0.300. The van der Waals surface area contributed by atoms with E-state index in [2.05, 4.69) is 5.32 Å². The number of carbonyl (C=O) groups excluding carboxylic acids is 2. The van der Waals surface area contributed by atoms with Crippen molar-refractivity contribution in [3.8, 4) is 0 Å². The molecule has 0 spiro atoms. The number of rotatable bonds is 0. The summed E-state index contributed by atoms with van der Waals surface area (Å²) >= 11 is 0. The monoisotopic (exact) mass is 254 g/mol. The molecule has 0 atom stereocenters. The Morgan fingerprint density at radius 3 is 1.75 bits per heavy atom. The third-order valence-corrected chi connectivity index (χ3v) is 1.64. The molecule has 1 heterocycles. The van der Waals surface area contributed by atoms with Crippen molar-refractivity contribution >= 4 is 11.8 Å². The third-order valence-electron chi connectivity index (χ3n) is 1.64. The van der Waals surface area contributed by atoms with Gasteiger partial charge in [0, 0.05) is 0 Å². The van der Waals surface area contributed by atoms with E-state index in [1.165, 1.54) is 0 Å². The van der Waals surface area contributed by atoms with Crippen LogP contribution in [0.25, 0.3) is 0 Å². The molecule has 0 radical (unpaired) electrons. The van der Waals surface area contributed by atoms with Gasteiger partial charge < -0.3 is 0 Å². The molecule has 64 valence electrons. The van der Waals surface area contributed by atoms with Gasteiger partial charge in [0.1, 0.15) is 0 Å². The molecule has 0 bridgehead atoms. The molecule has 2 amide bonds. The van der Waals surface area contributed by atoms with Gasteiger partial charge in [-0.05, 0) is 12.1 Å². The smallest absolute Gasteiger partial charge is 0.288 e. The van der Waals surface area contributed by atoms with Crippen LogP contribution in [0.5, 0.6) is 0 Å². The van der Waals surface area contributed by atoms with E-state index in [4.69, 9.17) is 0 Å². The second-order valence-electron chi connectivity index (χ2n) is 2.33. The Labute approximate surface area is 84.7 Å². The van der Waals surface area contributed by atoms with Gasteiger partial charge in [0.15, 0.2) is 0 Å². The zero-order valence-electron chi connectivity index (χ0n) is 5.93. The van der Waals surface area contributed by atoms with Gasteiger partial charge in [-0.25, -0.2) is 0 Å². The minimum Gasteiger partial charge on any atom is -0.288 e. The molecular formula is C8H5AgNO2+. The van der Waals surface area contributed by atoms with Crippen LogP contribution in [0.3, 0.4) is 0 Å². The zero-order valence-corrected chi connectivity index (χ0v) is 7.41. The first-order valence-corrected chi connectivity index (χ1v) is 3.24. The van der Waals surface area contributed by atoms with Gasteiger partial charge in [0.25, 0.3) is 11.8 Å². The van der Waals surface area contributed by atoms with Gasteiger partial charge in [-0.3, -0.25) is 14.9 Å². The SMILES string of the molecule is O=C1NC(=O)c2ccccc21.[Ag+]. The molecule has 0 saturated heterocycles. The van der Waals surface area contributed by atoms with Crippen molar-refractivity contribution in [3.05, 3.63) is 35.4 Å². The Kier molecular flexibility index (Phi) is 2.47. The van der Waals surface area contributed by atoms with Crippen molar-refractivity contribution in [2.45, 2.75) is 0 Å². The van der Waals surface area contributed by atoms with E-state index in [9.17, 15) is 9.59 Å². The van der Waals surface area contributed by atoms with Crippen LogP contribution in [-0.2, 0) is 22.4 Å². The number of imide groups is 1. The van der Waals surface area contributed by atoms with Gasteiger partial charge >= 0.3 is 22.4 Å².